The first kappa shape index (κ1) is 16.1. The predicted molar refractivity (Wildman–Crippen MR) is 92.6 cm³/mol. The molecule has 0 bridgehead atoms. The van der Waals surface area contributed by atoms with E-state index in [1.54, 1.807) is 0 Å². The van der Waals surface area contributed by atoms with E-state index in [0.717, 1.165) is 13.1 Å². The molecule has 0 spiro atoms. The van der Waals surface area contributed by atoms with Crippen molar-refractivity contribution in [3.63, 3.8) is 0 Å². The molecule has 0 aliphatic heterocycles. The average molecular weight is 286 g/mol. The van der Waals surface area contributed by atoms with Gasteiger partial charge in [-0.25, -0.2) is 0 Å². The van der Waals surface area contributed by atoms with Crippen molar-refractivity contribution in [2.45, 2.75) is 66.6 Å². The largest absolute Gasteiger partial charge is 0.347 e. The molecule has 0 fully saturated rings. The van der Waals surface area contributed by atoms with E-state index in [-0.39, 0.29) is 5.54 Å². The third kappa shape index (κ3) is 4.60. The summed E-state index contributed by atoms with van der Waals surface area (Å²) in [6.07, 6.45) is 3.52. The topological polar surface area (TPSA) is 17.0 Å². The second-order valence-electron chi connectivity index (χ2n) is 8.28. The quantitative estimate of drug-likeness (QED) is 0.840. The highest BCUT2D eigenvalue weighted by Crippen LogP contribution is 2.25. The summed E-state index contributed by atoms with van der Waals surface area (Å²) in [7, 11) is 0. The van der Waals surface area contributed by atoms with Crippen LogP contribution in [0.15, 0.2) is 30.5 Å². The molecular weight excluding hydrogens is 256 g/mol. The van der Waals surface area contributed by atoms with Crippen molar-refractivity contribution in [1.29, 1.82) is 0 Å². The van der Waals surface area contributed by atoms with Gasteiger partial charge in [-0.1, -0.05) is 39.0 Å². The summed E-state index contributed by atoms with van der Waals surface area (Å²) in [5.41, 5.74) is 3.27. The van der Waals surface area contributed by atoms with Crippen LogP contribution in [0.4, 0.5) is 0 Å². The molecule has 2 rings (SSSR count). The van der Waals surface area contributed by atoms with Crippen LogP contribution in [0.3, 0.4) is 0 Å². The molecule has 1 aromatic carbocycles. The second-order valence-corrected chi connectivity index (χ2v) is 8.28. The SMILES string of the molecule is CC(C)(C)CCn1cc(CNC(C)(C)C)c2ccccc21. The zero-order chi connectivity index (χ0) is 15.7. The Morgan fingerprint density at radius 3 is 2.29 bits per heavy atom. The first-order valence-electron chi connectivity index (χ1n) is 7.97. The highest BCUT2D eigenvalue weighted by molar-refractivity contribution is 5.83. The lowest BCUT2D eigenvalue weighted by atomic mass is 9.92. The minimum absolute atomic E-state index is 0.147. The highest BCUT2D eigenvalue weighted by atomic mass is 15.0. The summed E-state index contributed by atoms with van der Waals surface area (Å²) in [6.45, 7) is 15.6. The zero-order valence-electron chi connectivity index (χ0n) is 14.5. The maximum Gasteiger partial charge on any atom is 0.0483 e. The number of nitrogens with one attached hydrogen (secondary N) is 1. The van der Waals surface area contributed by atoms with Crippen molar-refractivity contribution in [3.05, 3.63) is 36.0 Å². The van der Waals surface area contributed by atoms with E-state index in [4.69, 9.17) is 0 Å². The van der Waals surface area contributed by atoms with Crippen molar-refractivity contribution in [2.75, 3.05) is 0 Å². The van der Waals surface area contributed by atoms with Gasteiger partial charge in [-0.3, -0.25) is 0 Å². The van der Waals surface area contributed by atoms with Gasteiger partial charge in [-0.2, -0.15) is 0 Å². The van der Waals surface area contributed by atoms with Gasteiger partial charge >= 0.3 is 0 Å². The summed E-state index contributed by atoms with van der Waals surface area (Å²) >= 11 is 0. The Morgan fingerprint density at radius 1 is 1.00 bits per heavy atom. The molecule has 0 aliphatic carbocycles. The van der Waals surface area contributed by atoms with E-state index in [2.05, 4.69) is 81.9 Å². The van der Waals surface area contributed by atoms with Crippen molar-refractivity contribution >= 4 is 10.9 Å². The van der Waals surface area contributed by atoms with Crippen LogP contribution < -0.4 is 5.32 Å². The predicted octanol–water partition coefficient (Wildman–Crippen LogP) is 4.97. The number of rotatable bonds is 4. The fourth-order valence-corrected chi connectivity index (χ4v) is 2.46. The van der Waals surface area contributed by atoms with Crippen LogP contribution in [0, 0.1) is 5.41 Å². The van der Waals surface area contributed by atoms with Gasteiger partial charge in [0, 0.05) is 35.7 Å². The number of fused-ring (bicyclic) bond motifs is 1. The summed E-state index contributed by atoms with van der Waals surface area (Å²) in [6, 6.07) is 8.75. The zero-order valence-corrected chi connectivity index (χ0v) is 14.5. The number of hydrogen-bond donors (Lipinski definition) is 1. The number of aromatic nitrogens is 1. The van der Waals surface area contributed by atoms with E-state index in [0.29, 0.717) is 5.41 Å². The van der Waals surface area contributed by atoms with Gasteiger partial charge in [0.25, 0.3) is 0 Å². The molecule has 1 N–H and O–H groups in total. The summed E-state index contributed by atoms with van der Waals surface area (Å²) in [5.74, 6) is 0. The molecule has 1 aromatic heterocycles. The number of para-hydroxylation sites is 1. The standard InChI is InChI=1S/C19H30N2/c1-18(2,3)11-12-21-14-15(13-20-19(4,5)6)16-9-7-8-10-17(16)21/h7-10,14,20H,11-13H2,1-6H3. The van der Waals surface area contributed by atoms with Crippen LogP contribution in [-0.4, -0.2) is 10.1 Å². The Bertz CT molecular complexity index is 542. The molecule has 0 saturated heterocycles. The molecule has 0 atom stereocenters. The van der Waals surface area contributed by atoms with Crippen molar-refractivity contribution in [3.8, 4) is 0 Å². The minimum atomic E-state index is 0.147. The number of nitrogens with zero attached hydrogens (tertiary/aromatic N) is 1. The van der Waals surface area contributed by atoms with Crippen LogP contribution in [-0.2, 0) is 13.1 Å². The monoisotopic (exact) mass is 286 g/mol. The summed E-state index contributed by atoms with van der Waals surface area (Å²) < 4.78 is 2.42. The van der Waals surface area contributed by atoms with E-state index in [1.165, 1.54) is 22.9 Å². The minimum Gasteiger partial charge on any atom is -0.347 e. The van der Waals surface area contributed by atoms with Gasteiger partial charge in [0.2, 0.25) is 0 Å². The molecule has 1 heterocycles. The number of benzene rings is 1. The average Bonchev–Trinajstić information content (AvgIpc) is 2.71. The van der Waals surface area contributed by atoms with Crippen LogP contribution in [0.25, 0.3) is 10.9 Å². The molecule has 2 aromatic rings. The molecular formula is C19H30N2. The van der Waals surface area contributed by atoms with Crippen LogP contribution in [0.5, 0.6) is 0 Å². The summed E-state index contributed by atoms with van der Waals surface area (Å²) in [5, 5.41) is 4.98. The lowest BCUT2D eigenvalue weighted by Gasteiger charge is -2.20. The molecule has 2 heteroatoms. The van der Waals surface area contributed by atoms with Gasteiger partial charge in [0.05, 0.1) is 0 Å². The number of aryl methyl sites for hydroxylation is 1. The molecule has 0 unspecified atom stereocenters. The number of hydrogen-bond acceptors (Lipinski definition) is 1. The molecule has 0 saturated carbocycles. The van der Waals surface area contributed by atoms with Gasteiger partial charge in [-0.15, -0.1) is 0 Å². The molecule has 0 aliphatic rings. The van der Waals surface area contributed by atoms with Crippen molar-refractivity contribution in [1.82, 2.24) is 9.88 Å². The van der Waals surface area contributed by atoms with Crippen LogP contribution in [0.1, 0.15) is 53.5 Å². The van der Waals surface area contributed by atoms with Crippen LogP contribution in [0.2, 0.25) is 0 Å². The van der Waals surface area contributed by atoms with E-state index in [1.807, 2.05) is 0 Å². The maximum atomic E-state index is 3.60. The van der Waals surface area contributed by atoms with Gasteiger partial charge in [-0.05, 0) is 44.2 Å². The normalized spacial score (nSPS) is 13.0. The molecule has 0 amide bonds. The Balaban J connectivity index is 2.26. The van der Waals surface area contributed by atoms with E-state index < -0.39 is 0 Å². The Morgan fingerprint density at radius 2 is 1.67 bits per heavy atom. The first-order valence-corrected chi connectivity index (χ1v) is 7.97. The lowest BCUT2D eigenvalue weighted by Crippen LogP contribution is -2.34. The Hall–Kier alpha value is -1.28. The third-order valence-corrected chi connectivity index (χ3v) is 3.78. The highest BCUT2D eigenvalue weighted by Gasteiger charge is 2.14. The first-order chi connectivity index (χ1) is 9.66. The van der Waals surface area contributed by atoms with Gasteiger partial charge < -0.3 is 9.88 Å². The Labute approximate surface area is 129 Å². The Kier molecular flexibility index (Phi) is 4.48. The molecule has 21 heavy (non-hydrogen) atoms. The fraction of sp³-hybridized carbons (Fsp3) is 0.579. The third-order valence-electron chi connectivity index (χ3n) is 3.78. The smallest absolute Gasteiger partial charge is 0.0483 e. The second kappa shape index (κ2) is 5.84. The van der Waals surface area contributed by atoms with Crippen molar-refractivity contribution in [2.24, 2.45) is 5.41 Å². The van der Waals surface area contributed by atoms with E-state index >= 15 is 0 Å². The van der Waals surface area contributed by atoms with Crippen LogP contribution >= 0.6 is 0 Å². The van der Waals surface area contributed by atoms with Gasteiger partial charge in [0.15, 0.2) is 0 Å². The van der Waals surface area contributed by atoms with E-state index in [9.17, 15) is 0 Å². The van der Waals surface area contributed by atoms with Gasteiger partial charge in [0.1, 0.15) is 0 Å². The fourth-order valence-electron chi connectivity index (χ4n) is 2.46. The molecule has 0 radical (unpaired) electrons. The maximum absolute atomic E-state index is 3.60. The molecule has 116 valence electrons. The van der Waals surface area contributed by atoms with Crippen molar-refractivity contribution < 1.29 is 0 Å². The molecule has 2 nitrogen and oxygen atoms in total. The summed E-state index contributed by atoms with van der Waals surface area (Å²) in [4.78, 5) is 0. The lowest BCUT2D eigenvalue weighted by molar-refractivity contribution is 0.353.